The summed E-state index contributed by atoms with van der Waals surface area (Å²) in [6.07, 6.45) is 0. The van der Waals surface area contributed by atoms with E-state index in [1.54, 1.807) is 0 Å². The van der Waals surface area contributed by atoms with E-state index in [0.717, 1.165) is 20.7 Å². The first kappa shape index (κ1) is 13.2. The SMILES string of the molecule is CN1C(CN)CN(c2c(F)cccc2F)S1(=O)=O. The molecule has 0 aromatic heterocycles. The Labute approximate surface area is 104 Å². The fourth-order valence-electron chi connectivity index (χ4n) is 1.90. The molecule has 1 heterocycles. The zero-order chi connectivity index (χ0) is 13.5. The molecule has 0 amide bonds. The second-order valence-electron chi connectivity index (χ2n) is 4.01. The molecule has 18 heavy (non-hydrogen) atoms. The fourth-order valence-corrected chi connectivity index (χ4v) is 3.51. The van der Waals surface area contributed by atoms with E-state index in [1.807, 2.05) is 0 Å². The van der Waals surface area contributed by atoms with Crippen LogP contribution in [0, 0.1) is 11.6 Å². The fraction of sp³-hybridized carbons (Fsp3) is 0.400. The predicted molar refractivity (Wildman–Crippen MR) is 63.2 cm³/mol. The van der Waals surface area contributed by atoms with Crippen molar-refractivity contribution in [3.63, 3.8) is 0 Å². The molecule has 1 aliphatic heterocycles. The third-order valence-corrected chi connectivity index (χ3v) is 4.91. The average molecular weight is 277 g/mol. The number of hydrogen-bond donors (Lipinski definition) is 1. The molecule has 8 heteroatoms. The molecular formula is C10H13F2N3O2S. The van der Waals surface area contributed by atoms with Gasteiger partial charge in [0.15, 0.2) is 11.6 Å². The summed E-state index contributed by atoms with van der Waals surface area (Å²) in [6.45, 7) is 0.0233. The Morgan fingerprint density at radius 2 is 1.94 bits per heavy atom. The lowest BCUT2D eigenvalue weighted by Crippen LogP contribution is -2.36. The summed E-state index contributed by atoms with van der Waals surface area (Å²) >= 11 is 0. The van der Waals surface area contributed by atoms with E-state index in [4.69, 9.17) is 5.73 Å². The van der Waals surface area contributed by atoms with Crippen LogP contribution in [0.15, 0.2) is 18.2 Å². The Bertz CT molecular complexity index is 544. The molecule has 0 aliphatic carbocycles. The normalized spacial score (nSPS) is 23.6. The van der Waals surface area contributed by atoms with E-state index in [1.165, 1.54) is 13.1 Å². The molecular weight excluding hydrogens is 264 g/mol. The van der Waals surface area contributed by atoms with Gasteiger partial charge in [0.05, 0.1) is 12.6 Å². The second kappa shape index (κ2) is 4.45. The summed E-state index contributed by atoms with van der Waals surface area (Å²) < 4.78 is 53.0. The number of nitrogens with zero attached hydrogens (tertiary/aromatic N) is 2. The molecule has 1 saturated heterocycles. The number of nitrogens with two attached hydrogens (primary N) is 1. The van der Waals surface area contributed by atoms with Gasteiger partial charge in [0.2, 0.25) is 0 Å². The molecule has 5 nitrogen and oxygen atoms in total. The van der Waals surface area contributed by atoms with Crippen LogP contribution in [0.4, 0.5) is 14.5 Å². The molecule has 0 saturated carbocycles. The van der Waals surface area contributed by atoms with Crippen LogP contribution in [0.2, 0.25) is 0 Å². The molecule has 100 valence electrons. The summed E-state index contributed by atoms with van der Waals surface area (Å²) in [5.74, 6) is -1.82. The van der Waals surface area contributed by atoms with Gasteiger partial charge in [-0.15, -0.1) is 0 Å². The highest BCUT2D eigenvalue weighted by atomic mass is 32.2. The lowest BCUT2D eigenvalue weighted by atomic mass is 10.2. The van der Waals surface area contributed by atoms with Gasteiger partial charge in [-0.25, -0.2) is 8.78 Å². The highest BCUT2D eigenvalue weighted by Gasteiger charge is 2.42. The van der Waals surface area contributed by atoms with Crippen molar-refractivity contribution >= 4 is 15.9 Å². The Morgan fingerprint density at radius 3 is 2.39 bits per heavy atom. The number of likely N-dealkylation sites (N-methyl/N-ethyl adjacent to an activating group) is 1. The monoisotopic (exact) mass is 277 g/mol. The topological polar surface area (TPSA) is 66.6 Å². The number of rotatable bonds is 2. The molecule has 1 aliphatic rings. The van der Waals surface area contributed by atoms with Crippen LogP contribution in [0.5, 0.6) is 0 Å². The van der Waals surface area contributed by atoms with Crippen LogP contribution < -0.4 is 10.0 Å². The Morgan fingerprint density at radius 1 is 1.39 bits per heavy atom. The van der Waals surface area contributed by atoms with Crippen molar-refractivity contribution in [1.82, 2.24) is 4.31 Å². The van der Waals surface area contributed by atoms with Gasteiger partial charge in [0.1, 0.15) is 5.69 Å². The Hall–Kier alpha value is -1.25. The molecule has 1 aromatic rings. The van der Waals surface area contributed by atoms with E-state index in [-0.39, 0.29) is 13.1 Å². The predicted octanol–water partition coefficient (Wildman–Crippen LogP) is 0.289. The van der Waals surface area contributed by atoms with Gasteiger partial charge in [-0.05, 0) is 12.1 Å². The summed E-state index contributed by atoms with van der Waals surface area (Å²) in [4.78, 5) is 0. The van der Waals surface area contributed by atoms with Crippen molar-refractivity contribution in [3.8, 4) is 0 Å². The smallest absolute Gasteiger partial charge is 0.304 e. The van der Waals surface area contributed by atoms with Crippen molar-refractivity contribution in [2.45, 2.75) is 6.04 Å². The third-order valence-electron chi connectivity index (χ3n) is 2.99. The van der Waals surface area contributed by atoms with Crippen molar-refractivity contribution in [1.29, 1.82) is 0 Å². The molecule has 2 N–H and O–H groups in total. The minimum atomic E-state index is -3.92. The average Bonchev–Trinajstić information content (AvgIpc) is 2.52. The minimum absolute atomic E-state index is 0.0623. The standard InChI is InChI=1S/C10H13F2N3O2S/c1-14-7(5-13)6-15(18(14,16)17)10-8(11)3-2-4-9(10)12/h2-4,7H,5-6,13H2,1H3. The number of halogens is 2. The van der Waals surface area contributed by atoms with Crippen molar-refractivity contribution in [2.24, 2.45) is 5.73 Å². The van der Waals surface area contributed by atoms with Crippen molar-refractivity contribution < 1.29 is 17.2 Å². The van der Waals surface area contributed by atoms with Gasteiger partial charge in [-0.1, -0.05) is 6.07 Å². The van der Waals surface area contributed by atoms with Crippen LogP contribution in [0.1, 0.15) is 0 Å². The first-order chi connectivity index (χ1) is 8.39. The highest BCUT2D eigenvalue weighted by Crippen LogP contribution is 2.31. The van der Waals surface area contributed by atoms with Crippen LogP contribution >= 0.6 is 0 Å². The van der Waals surface area contributed by atoms with Gasteiger partial charge in [-0.3, -0.25) is 4.31 Å². The first-order valence-electron chi connectivity index (χ1n) is 5.29. The molecule has 1 unspecified atom stereocenters. The first-order valence-corrected chi connectivity index (χ1v) is 6.69. The van der Waals surface area contributed by atoms with Gasteiger partial charge < -0.3 is 5.73 Å². The lowest BCUT2D eigenvalue weighted by Gasteiger charge is -2.18. The number of benzene rings is 1. The molecule has 0 spiro atoms. The van der Waals surface area contributed by atoms with E-state index < -0.39 is 33.6 Å². The van der Waals surface area contributed by atoms with E-state index in [9.17, 15) is 17.2 Å². The van der Waals surface area contributed by atoms with Crippen LogP contribution in [0.25, 0.3) is 0 Å². The van der Waals surface area contributed by atoms with Crippen molar-refractivity contribution in [3.05, 3.63) is 29.8 Å². The largest absolute Gasteiger partial charge is 0.329 e. The summed E-state index contributed by atoms with van der Waals surface area (Å²) in [5.41, 5.74) is 4.89. The highest BCUT2D eigenvalue weighted by molar-refractivity contribution is 7.90. The van der Waals surface area contributed by atoms with E-state index in [0.29, 0.717) is 0 Å². The summed E-state index contributed by atoms with van der Waals surface area (Å²) in [5, 5.41) is 0. The summed E-state index contributed by atoms with van der Waals surface area (Å²) in [6, 6.07) is 2.73. The lowest BCUT2D eigenvalue weighted by molar-refractivity contribution is 0.417. The van der Waals surface area contributed by atoms with E-state index in [2.05, 4.69) is 0 Å². The van der Waals surface area contributed by atoms with Gasteiger partial charge in [-0.2, -0.15) is 12.7 Å². The quantitative estimate of drug-likeness (QED) is 0.845. The van der Waals surface area contributed by atoms with Gasteiger partial charge >= 0.3 is 10.2 Å². The molecule has 2 rings (SSSR count). The Balaban J connectivity index is 2.53. The molecule has 1 atom stereocenters. The maximum atomic E-state index is 13.6. The molecule has 1 aromatic carbocycles. The maximum absolute atomic E-state index is 13.6. The minimum Gasteiger partial charge on any atom is -0.329 e. The van der Waals surface area contributed by atoms with E-state index >= 15 is 0 Å². The maximum Gasteiger partial charge on any atom is 0.304 e. The van der Waals surface area contributed by atoms with Gasteiger partial charge in [0, 0.05) is 13.6 Å². The second-order valence-corrected chi connectivity index (χ2v) is 5.93. The van der Waals surface area contributed by atoms with Crippen molar-refractivity contribution in [2.75, 3.05) is 24.4 Å². The van der Waals surface area contributed by atoms with Crippen LogP contribution in [0.3, 0.4) is 0 Å². The molecule has 0 radical (unpaired) electrons. The third kappa shape index (κ3) is 1.86. The Kier molecular flexibility index (Phi) is 3.26. The zero-order valence-corrected chi connectivity index (χ0v) is 10.5. The van der Waals surface area contributed by atoms with Crippen LogP contribution in [-0.4, -0.2) is 38.9 Å². The molecule has 0 bridgehead atoms. The number of para-hydroxylation sites is 1. The molecule has 1 fully saturated rings. The number of hydrogen-bond acceptors (Lipinski definition) is 3. The van der Waals surface area contributed by atoms with Crippen LogP contribution in [-0.2, 0) is 10.2 Å². The zero-order valence-electron chi connectivity index (χ0n) is 9.68. The number of anilines is 1. The van der Waals surface area contributed by atoms with Gasteiger partial charge in [0.25, 0.3) is 0 Å². The summed E-state index contributed by atoms with van der Waals surface area (Å²) in [7, 11) is -2.58.